The van der Waals surface area contributed by atoms with Crippen LogP contribution in [-0.4, -0.2) is 67.0 Å². The van der Waals surface area contributed by atoms with E-state index in [4.69, 9.17) is 9.84 Å². The molecule has 9 heteroatoms. The molecule has 0 radical (unpaired) electrons. The monoisotopic (exact) mass is 461 g/mol. The van der Waals surface area contributed by atoms with Gasteiger partial charge < -0.3 is 19.2 Å². The lowest BCUT2D eigenvalue weighted by molar-refractivity contribution is -0.873. The summed E-state index contributed by atoms with van der Waals surface area (Å²) in [7, 11) is 5.84. The largest absolute Gasteiger partial charge is 0.481 e. The minimum Gasteiger partial charge on any atom is -0.481 e. The Kier molecular flexibility index (Phi) is 17.5. The van der Waals surface area contributed by atoms with E-state index in [1.807, 2.05) is 21.1 Å². The van der Waals surface area contributed by atoms with Crippen LogP contribution in [-0.2, 0) is 19.2 Å². The Morgan fingerprint density at radius 1 is 0.844 bits per heavy atom. The topological polar surface area (TPSA) is 116 Å². The summed E-state index contributed by atoms with van der Waals surface area (Å²) >= 11 is 0. The van der Waals surface area contributed by atoms with E-state index in [-0.39, 0.29) is 19.0 Å². The quantitative estimate of drug-likeness (QED) is 0.0813. The molecule has 0 heterocycles. The highest BCUT2D eigenvalue weighted by Gasteiger charge is 2.24. The molecule has 0 saturated carbocycles. The molecule has 0 bridgehead atoms. The molecule has 0 unspecified atom stereocenters. The minimum absolute atomic E-state index is 0.153. The highest BCUT2D eigenvalue weighted by Crippen LogP contribution is 2.14. The fraction of sp³-hybridized carbons (Fsp3) is 0.913. The molecule has 32 heavy (non-hydrogen) atoms. The van der Waals surface area contributed by atoms with Gasteiger partial charge in [0.2, 0.25) is 0 Å². The Morgan fingerprint density at radius 2 is 1.28 bits per heavy atom. The van der Waals surface area contributed by atoms with Crippen LogP contribution in [0.4, 0.5) is 0 Å². The molecule has 0 fully saturated rings. The molecule has 188 valence electrons. The molecule has 0 aromatic rings. The summed E-state index contributed by atoms with van der Waals surface area (Å²) in [5, 5.41) is 18.3. The molecule has 1 N–H and O–H groups in total. The third-order valence-electron chi connectivity index (χ3n) is 5.17. The normalized spacial score (nSPS) is 12.3. The summed E-state index contributed by atoms with van der Waals surface area (Å²) in [5.41, 5.74) is 0. The second-order valence-electron chi connectivity index (χ2n) is 9.59. The third kappa shape index (κ3) is 22.8. The standard InChI is InChI=1S/C23H44N2O7/c1-25(2,3)20-21(19-22(26)27)32-23(28)17-15-13-11-9-7-5-4-6-8-10-12-14-16-18-31-24(29)30/h21H,4-20H2,1-3H3/p+1/t21-/m0/s1. The maximum Gasteiger partial charge on any atom is 0.307 e. The molecule has 0 spiro atoms. The summed E-state index contributed by atoms with van der Waals surface area (Å²) in [5.74, 6) is -1.24. The van der Waals surface area contributed by atoms with Gasteiger partial charge in [-0.15, -0.1) is 10.1 Å². The average Bonchev–Trinajstić information content (AvgIpc) is 2.65. The van der Waals surface area contributed by atoms with Gasteiger partial charge in [-0.3, -0.25) is 9.59 Å². The number of ether oxygens (including phenoxy) is 1. The zero-order valence-electron chi connectivity index (χ0n) is 20.4. The van der Waals surface area contributed by atoms with Crippen molar-refractivity contribution in [3.8, 4) is 0 Å². The Balaban J connectivity index is 3.52. The van der Waals surface area contributed by atoms with Crippen LogP contribution in [0.3, 0.4) is 0 Å². The number of esters is 1. The van der Waals surface area contributed by atoms with Crippen LogP contribution in [0.25, 0.3) is 0 Å². The van der Waals surface area contributed by atoms with E-state index in [1.54, 1.807) is 0 Å². The van der Waals surface area contributed by atoms with Gasteiger partial charge in [-0.2, -0.15) is 0 Å². The van der Waals surface area contributed by atoms with Gasteiger partial charge in [0.05, 0.1) is 34.2 Å². The number of likely N-dealkylation sites (N-methyl/N-ethyl adjacent to an activating group) is 1. The molecule has 0 aliphatic carbocycles. The zero-order chi connectivity index (χ0) is 24.2. The van der Waals surface area contributed by atoms with E-state index < -0.39 is 17.2 Å². The molecule has 0 saturated heterocycles. The molecule has 0 amide bonds. The molecule has 0 aromatic carbocycles. The first-order valence-electron chi connectivity index (χ1n) is 12.1. The molecule has 0 aliphatic heterocycles. The van der Waals surface area contributed by atoms with Gasteiger partial charge in [-0.05, 0) is 12.8 Å². The van der Waals surface area contributed by atoms with Crippen molar-refractivity contribution in [2.45, 2.75) is 102 Å². The van der Waals surface area contributed by atoms with Crippen LogP contribution in [0.2, 0.25) is 0 Å². The highest BCUT2D eigenvalue weighted by molar-refractivity contribution is 5.71. The fourth-order valence-electron chi connectivity index (χ4n) is 3.65. The lowest BCUT2D eigenvalue weighted by Gasteiger charge is -2.28. The maximum absolute atomic E-state index is 12.0. The van der Waals surface area contributed by atoms with E-state index in [0.29, 0.717) is 17.4 Å². The number of hydrogen-bond acceptors (Lipinski definition) is 6. The number of carboxylic acid groups (broad SMARTS) is 1. The summed E-state index contributed by atoms with van der Waals surface area (Å²) in [6, 6.07) is 0. The molecular formula is C23H45N2O7+. The summed E-state index contributed by atoms with van der Waals surface area (Å²) in [6.07, 6.45) is 13.9. The van der Waals surface area contributed by atoms with Crippen molar-refractivity contribution in [2.24, 2.45) is 0 Å². The van der Waals surface area contributed by atoms with Gasteiger partial charge in [-0.1, -0.05) is 70.6 Å². The highest BCUT2D eigenvalue weighted by atomic mass is 16.9. The van der Waals surface area contributed by atoms with E-state index in [9.17, 15) is 19.7 Å². The molecule has 9 nitrogen and oxygen atoms in total. The Hall–Kier alpha value is -1.90. The molecule has 0 aromatic heterocycles. The fourth-order valence-corrected chi connectivity index (χ4v) is 3.65. The Bertz CT molecular complexity index is 521. The number of carboxylic acids is 1. The second-order valence-corrected chi connectivity index (χ2v) is 9.59. The van der Waals surface area contributed by atoms with Gasteiger partial charge >= 0.3 is 11.9 Å². The number of carbonyl (C=O) groups excluding carboxylic acids is 1. The van der Waals surface area contributed by atoms with Gasteiger partial charge in [0.25, 0.3) is 5.09 Å². The van der Waals surface area contributed by atoms with E-state index in [2.05, 4.69) is 4.84 Å². The van der Waals surface area contributed by atoms with E-state index in [0.717, 1.165) is 38.5 Å². The van der Waals surface area contributed by atoms with Crippen molar-refractivity contribution >= 4 is 11.9 Å². The van der Waals surface area contributed by atoms with Crippen LogP contribution in [0, 0.1) is 10.1 Å². The molecule has 1 atom stereocenters. The number of aliphatic carboxylic acids is 1. The van der Waals surface area contributed by atoms with Crippen LogP contribution in [0.15, 0.2) is 0 Å². The van der Waals surface area contributed by atoms with Crippen LogP contribution < -0.4 is 0 Å². The summed E-state index contributed by atoms with van der Waals surface area (Å²) in [4.78, 5) is 37.3. The van der Waals surface area contributed by atoms with Gasteiger partial charge in [0.15, 0.2) is 6.10 Å². The van der Waals surface area contributed by atoms with Crippen LogP contribution in [0.5, 0.6) is 0 Å². The number of carbonyl (C=O) groups is 2. The Labute approximate surface area is 193 Å². The van der Waals surface area contributed by atoms with Crippen molar-refractivity contribution in [3.63, 3.8) is 0 Å². The van der Waals surface area contributed by atoms with E-state index >= 15 is 0 Å². The SMILES string of the molecule is C[N+](C)(C)C[C@H](CC(=O)O)OC(=O)CCCCCCCCCCCCCCCO[N+](=O)[O-]. The lowest BCUT2D eigenvalue weighted by Crippen LogP contribution is -2.43. The van der Waals surface area contributed by atoms with Gasteiger partial charge in [0.1, 0.15) is 6.54 Å². The first-order chi connectivity index (χ1) is 15.1. The summed E-state index contributed by atoms with van der Waals surface area (Å²) in [6.45, 7) is 0.687. The van der Waals surface area contributed by atoms with Gasteiger partial charge in [0, 0.05) is 6.42 Å². The minimum atomic E-state index is -0.948. The number of rotatable bonds is 22. The predicted molar refractivity (Wildman–Crippen MR) is 123 cm³/mol. The first-order valence-corrected chi connectivity index (χ1v) is 12.1. The number of unbranched alkanes of at least 4 members (excludes halogenated alkanes) is 12. The molecule has 0 rings (SSSR count). The lowest BCUT2D eigenvalue weighted by atomic mass is 10.0. The van der Waals surface area contributed by atoms with E-state index in [1.165, 1.54) is 44.9 Å². The number of hydrogen-bond donors (Lipinski definition) is 1. The van der Waals surface area contributed by atoms with Crippen LogP contribution >= 0.6 is 0 Å². The Morgan fingerprint density at radius 3 is 1.69 bits per heavy atom. The third-order valence-corrected chi connectivity index (χ3v) is 5.17. The number of nitrogens with zero attached hydrogens (tertiary/aromatic N) is 2. The van der Waals surface area contributed by atoms with Crippen molar-refractivity contribution in [2.75, 3.05) is 34.3 Å². The molecular weight excluding hydrogens is 416 g/mol. The van der Waals surface area contributed by atoms with Crippen molar-refractivity contribution < 1.29 is 33.8 Å². The first kappa shape index (κ1) is 30.1. The van der Waals surface area contributed by atoms with Crippen molar-refractivity contribution in [3.05, 3.63) is 10.1 Å². The maximum atomic E-state index is 12.0. The zero-order valence-corrected chi connectivity index (χ0v) is 20.4. The second kappa shape index (κ2) is 18.7. The average molecular weight is 462 g/mol. The van der Waals surface area contributed by atoms with Crippen molar-refractivity contribution in [1.82, 2.24) is 0 Å². The van der Waals surface area contributed by atoms with Crippen LogP contribution in [0.1, 0.15) is 96.3 Å². The molecule has 0 aliphatic rings. The van der Waals surface area contributed by atoms with Gasteiger partial charge in [-0.25, -0.2) is 0 Å². The van der Waals surface area contributed by atoms with Crippen molar-refractivity contribution in [1.29, 1.82) is 0 Å². The predicted octanol–water partition coefficient (Wildman–Crippen LogP) is 4.75. The smallest absolute Gasteiger partial charge is 0.307 e. The number of quaternary nitrogens is 1. The summed E-state index contributed by atoms with van der Waals surface area (Å²) < 4.78 is 5.95.